The molecule has 0 spiro atoms. The van der Waals surface area contributed by atoms with Gasteiger partial charge in [-0.2, -0.15) is 0 Å². The van der Waals surface area contributed by atoms with Crippen LogP contribution in [-0.2, 0) is 30.8 Å². The van der Waals surface area contributed by atoms with E-state index in [1.165, 1.54) is 11.4 Å². The van der Waals surface area contributed by atoms with E-state index in [0.717, 1.165) is 19.3 Å². The third kappa shape index (κ3) is 8.37. The molecule has 1 saturated heterocycles. The summed E-state index contributed by atoms with van der Waals surface area (Å²) in [5.74, 6) is -0.0469. The van der Waals surface area contributed by atoms with Gasteiger partial charge >= 0.3 is 0 Å². The number of anilines is 1. The molecule has 0 aromatic heterocycles. The Balaban J connectivity index is 1.81. The summed E-state index contributed by atoms with van der Waals surface area (Å²) in [6.07, 6.45) is 0.967. The Hall–Kier alpha value is -2.25. The third-order valence-corrected chi connectivity index (χ3v) is 8.24. The first-order chi connectivity index (χ1) is 17.5. The van der Waals surface area contributed by atoms with Crippen LogP contribution in [0.1, 0.15) is 25.8 Å². The Bertz CT molecular complexity index is 1050. The van der Waals surface area contributed by atoms with Gasteiger partial charge in [0, 0.05) is 56.8 Å². The average molecular weight is 541 g/mol. The second-order valence-electron chi connectivity index (χ2n) is 10.0. The summed E-state index contributed by atoms with van der Waals surface area (Å²) < 4.78 is 37.0. The standard InChI is InChI=1S/C25H40N4O7S/c1-18-15-29(19(2)17-30)25(32)14-20-13-21(26-24(31)7-8-28-9-11-35-12-10-28)5-6-22(20)36-23(18)16-27(3)37(4,33)34/h5-6,13,18-19,23,30H,7-12,14-17H2,1-4H3,(H,26,31)/t18-,19-,23-/m1/s1. The van der Waals surface area contributed by atoms with E-state index in [1.54, 1.807) is 30.0 Å². The Morgan fingerprint density at radius 3 is 2.65 bits per heavy atom. The van der Waals surface area contributed by atoms with Crippen LogP contribution in [0, 0.1) is 5.92 Å². The Kier molecular flexibility index (Phi) is 10.3. The number of hydrogen-bond donors (Lipinski definition) is 2. The number of ether oxygens (including phenoxy) is 2. The van der Waals surface area contributed by atoms with Crippen molar-refractivity contribution in [2.24, 2.45) is 5.92 Å². The molecule has 0 saturated carbocycles. The molecule has 2 amide bonds. The van der Waals surface area contributed by atoms with Crippen molar-refractivity contribution in [3.8, 4) is 5.75 Å². The molecule has 0 aliphatic carbocycles. The summed E-state index contributed by atoms with van der Waals surface area (Å²) in [6, 6.07) is 4.76. The fraction of sp³-hybridized carbons (Fsp3) is 0.680. The van der Waals surface area contributed by atoms with Gasteiger partial charge in [0.1, 0.15) is 11.9 Å². The highest BCUT2D eigenvalue weighted by Gasteiger charge is 2.32. The predicted molar refractivity (Wildman–Crippen MR) is 140 cm³/mol. The van der Waals surface area contributed by atoms with E-state index in [1.807, 2.05) is 6.92 Å². The van der Waals surface area contributed by atoms with E-state index in [2.05, 4.69) is 10.2 Å². The first-order valence-corrected chi connectivity index (χ1v) is 14.5. The van der Waals surface area contributed by atoms with E-state index in [0.29, 0.717) is 49.7 Å². The number of carbonyl (C=O) groups excluding carboxylic acids is 2. The number of nitrogens with zero attached hydrogens (tertiary/aromatic N) is 3. The number of carbonyl (C=O) groups is 2. The number of amides is 2. The predicted octanol–water partition coefficient (Wildman–Crippen LogP) is 0.388. The zero-order valence-corrected chi connectivity index (χ0v) is 23.0. The number of nitrogens with one attached hydrogen (secondary N) is 1. The van der Waals surface area contributed by atoms with Crippen molar-refractivity contribution in [2.45, 2.75) is 38.8 Å². The molecule has 37 heavy (non-hydrogen) atoms. The SMILES string of the molecule is C[C@@H]1CN([C@H](C)CO)C(=O)Cc2cc(NC(=O)CCN3CCOCC3)ccc2O[C@@H]1CN(C)S(C)(=O)=O. The molecule has 0 bridgehead atoms. The molecule has 0 unspecified atom stereocenters. The van der Waals surface area contributed by atoms with Crippen molar-refractivity contribution in [2.75, 3.05) is 71.2 Å². The number of rotatable bonds is 9. The number of aliphatic hydroxyl groups is 1. The van der Waals surface area contributed by atoms with Gasteiger partial charge in [0.25, 0.3) is 0 Å². The van der Waals surface area contributed by atoms with Crippen molar-refractivity contribution < 1.29 is 32.6 Å². The van der Waals surface area contributed by atoms with Crippen LogP contribution in [0.4, 0.5) is 5.69 Å². The topological polar surface area (TPSA) is 129 Å². The Morgan fingerprint density at radius 2 is 2.00 bits per heavy atom. The van der Waals surface area contributed by atoms with Gasteiger partial charge < -0.3 is 24.8 Å². The maximum atomic E-state index is 13.3. The van der Waals surface area contributed by atoms with Gasteiger partial charge in [-0.15, -0.1) is 0 Å². The molecule has 1 aromatic rings. The van der Waals surface area contributed by atoms with Gasteiger partial charge in [-0.05, 0) is 25.1 Å². The number of sulfonamides is 1. The van der Waals surface area contributed by atoms with Crippen molar-refractivity contribution in [1.82, 2.24) is 14.1 Å². The summed E-state index contributed by atoms with van der Waals surface area (Å²) in [6.45, 7) is 7.49. The molecule has 2 aliphatic heterocycles. The van der Waals surface area contributed by atoms with Crippen LogP contribution in [0.5, 0.6) is 5.75 Å². The number of aliphatic hydroxyl groups excluding tert-OH is 1. The largest absolute Gasteiger partial charge is 0.488 e. The molecule has 2 aliphatic rings. The highest BCUT2D eigenvalue weighted by Crippen LogP contribution is 2.29. The van der Waals surface area contributed by atoms with Crippen LogP contribution in [0.3, 0.4) is 0 Å². The number of morpholine rings is 1. The summed E-state index contributed by atoms with van der Waals surface area (Å²) in [5.41, 5.74) is 1.15. The molecule has 2 heterocycles. The van der Waals surface area contributed by atoms with Gasteiger partial charge in [0.05, 0.1) is 45.1 Å². The van der Waals surface area contributed by atoms with E-state index in [9.17, 15) is 23.1 Å². The lowest BCUT2D eigenvalue weighted by Crippen LogP contribution is -2.48. The second-order valence-corrected chi connectivity index (χ2v) is 12.1. The molecule has 1 aromatic carbocycles. The lowest BCUT2D eigenvalue weighted by Gasteiger charge is -2.33. The zero-order chi connectivity index (χ0) is 27.2. The lowest BCUT2D eigenvalue weighted by atomic mass is 10.0. The first-order valence-electron chi connectivity index (χ1n) is 12.7. The molecular weight excluding hydrogens is 500 g/mol. The highest BCUT2D eigenvalue weighted by atomic mass is 32.2. The molecule has 208 valence electrons. The molecule has 2 N–H and O–H groups in total. The van der Waals surface area contributed by atoms with Crippen LogP contribution in [0.15, 0.2) is 18.2 Å². The van der Waals surface area contributed by atoms with Crippen LogP contribution in [-0.4, -0.2) is 117 Å². The third-order valence-electron chi connectivity index (χ3n) is 6.96. The molecular formula is C25H40N4O7S. The number of benzene rings is 1. The summed E-state index contributed by atoms with van der Waals surface area (Å²) in [4.78, 5) is 29.7. The minimum absolute atomic E-state index is 0.0263. The maximum absolute atomic E-state index is 13.3. The average Bonchev–Trinajstić information content (AvgIpc) is 2.90. The van der Waals surface area contributed by atoms with Crippen molar-refractivity contribution in [3.63, 3.8) is 0 Å². The Labute approximate surface area is 219 Å². The highest BCUT2D eigenvalue weighted by molar-refractivity contribution is 7.88. The Morgan fingerprint density at radius 1 is 1.30 bits per heavy atom. The van der Waals surface area contributed by atoms with Gasteiger partial charge in [-0.3, -0.25) is 14.5 Å². The number of likely N-dealkylation sites (N-methyl/N-ethyl adjacent to an activating group) is 1. The zero-order valence-electron chi connectivity index (χ0n) is 22.2. The summed E-state index contributed by atoms with van der Waals surface area (Å²) >= 11 is 0. The first kappa shape index (κ1) is 29.3. The normalized spacial score (nSPS) is 22.4. The van der Waals surface area contributed by atoms with Crippen molar-refractivity contribution in [3.05, 3.63) is 23.8 Å². The van der Waals surface area contributed by atoms with Crippen LogP contribution >= 0.6 is 0 Å². The number of fused-ring (bicyclic) bond motifs is 1. The molecule has 12 heteroatoms. The minimum atomic E-state index is -3.44. The van der Waals surface area contributed by atoms with Crippen molar-refractivity contribution in [1.29, 1.82) is 0 Å². The monoisotopic (exact) mass is 540 g/mol. The van der Waals surface area contributed by atoms with Crippen molar-refractivity contribution >= 4 is 27.5 Å². The van der Waals surface area contributed by atoms with Crippen LogP contribution < -0.4 is 10.1 Å². The molecule has 3 atom stereocenters. The lowest BCUT2D eigenvalue weighted by molar-refractivity contribution is -0.134. The van der Waals surface area contributed by atoms with E-state index >= 15 is 0 Å². The smallest absolute Gasteiger partial charge is 0.227 e. The van der Waals surface area contributed by atoms with Gasteiger partial charge in [-0.1, -0.05) is 6.92 Å². The van der Waals surface area contributed by atoms with Crippen LogP contribution in [0.2, 0.25) is 0 Å². The summed E-state index contributed by atoms with van der Waals surface area (Å²) in [7, 11) is -1.94. The fourth-order valence-corrected chi connectivity index (χ4v) is 4.84. The molecule has 0 radical (unpaired) electrons. The quantitative estimate of drug-likeness (QED) is 0.460. The maximum Gasteiger partial charge on any atom is 0.227 e. The van der Waals surface area contributed by atoms with Crippen LogP contribution in [0.25, 0.3) is 0 Å². The van der Waals surface area contributed by atoms with Gasteiger partial charge in [0.15, 0.2) is 0 Å². The fourth-order valence-electron chi connectivity index (χ4n) is 4.42. The van der Waals surface area contributed by atoms with E-state index in [-0.39, 0.29) is 37.3 Å². The second kappa shape index (κ2) is 13.0. The minimum Gasteiger partial charge on any atom is -0.488 e. The van der Waals surface area contributed by atoms with E-state index < -0.39 is 22.2 Å². The number of hydrogen-bond acceptors (Lipinski definition) is 8. The molecule has 3 rings (SSSR count). The van der Waals surface area contributed by atoms with Gasteiger partial charge in [-0.25, -0.2) is 12.7 Å². The van der Waals surface area contributed by atoms with Gasteiger partial charge in [0.2, 0.25) is 21.8 Å². The van der Waals surface area contributed by atoms with E-state index in [4.69, 9.17) is 9.47 Å². The molecule has 1 fully saturated rings. The molecule has 11 nitrogen and oxygen atoms in total. The summed E-state index contributed by atoms with van der Waals surface area (Å²) in [5, 5.41) is 12.7.